The largest absolute Gasteiger partial charge is 0.317 e. The summed E-state index contributed by atoms with van der Waals surface area (Å²) in [7, 11) is 1.83. The molecule has 1 aromatic heterocycles. The van der Waals surface area contributed by atoms with Gasteiger partial charge in [-0.3, -0.25) is 9.89 Å². The highest BCUT2D eigenvalue weighted by molar-refractivity contribution is 5.89. The Balaban J connectivity index is 2.34. The number of hydrogen-bond acceptors (Lipinski definition) is 3. The third-order valence-electron chi connectivity index (χ3n) is 1.76. The van der Waals surface area contributed by atoms with Gasteiger partial charge in [0, 0.05) is 18.5 Å². The Kier molecular flexibility index (Phi) is 3.45. The van der Waals surface area contributed by atoms with Gasteiger partial charge >= 0.3 is 0 Å². The molecule has 1 amide bonds. The van der Waals surface area contributed by atoms with Crippen LogP contribution in [0.5, 0.6) is 0 Å². The van der Waals surface area contributed by atoms with E-state index in [0.717, 1.165) is 0 Å². The van der Waals surface area contributed by atoms with E-state index in [2.05, 4.69) is 20.8 Å². The molecule has 1 aromatic rings. The minimum Gasteiger partial charge on any atom is -0.317 e. The molecule has 1 heterocycles. The molecule has 72 valence electrons. The first-order chi connectivity index (χ1) is 6.22. The third kappa shape index (κ3) is 3.25. The first-order valence-electron chi connectivity index (χ1n) is 4.19. The Morgan fingerprint density at radius 3 is 3.08 bits per heavy atom. The Morgan fingerprint density at radius 2 is 2.54 bits per heavy atom. The van der Waals surface area contributed by atoms with Crippen molar-refractivity contribution in [2.75, 3.05) is 12.4 Å². The Bertz CT molecular complexity index is 257. The van der Waals surface area contributed by atoms with Crippen molar-refractivity contribution in [3.63, 3.8) is 0 Å². The van der Waals surface area contributed by atoms with E-state index in [0.29, 0.717) is 12.2 Å². The molecule has 0 aliphatic heterocycles. The summed E-state index contributed by atoms with van der Waals surface area (Å²) in [6, 6.07) is 1.89. The van der Waals surface area contributed by atoms with Gasteiger partial charge < -0.3 is 10.6 Å². The molecule has 13 heavy (non-hydrogen) atoms. The van der Waals surface area contributed by atoms with E-state index in [9.17, 15) is 4.79 Å². The van der Waals surface area contributed by atoms with E-state index in [4.69, 9.17) is 0 Å². The van der Waals surface area contributed by atoms with Crippen molar-refractivity contribution in [3.8, 4) is 0 Å². The molecule has 5 nitrogen and oxygen atoms in total. The molecule has 5 heteroatoms. The second kappa shape index (κ2) is 4.61. The van der Waals surface area contributed by atoms with Crippen LogP contribution in [-0.4, -0.2) is 29.2 Å². The van der Waals surface area contributed by atoms with Crippen molar-refractivity contribution in [1.29, 1.82) is 0 Å². The monoisotopic (exact) mass is 182 g/mol. The molecule has 0 bridgehead atoms. The van der Waals surface area contributed by atoms with E-state index < -0.39 is 0 Å². The van der Waals surface area contributed by atoms with Gasteiger partial charge in [0.2, 0.25) is 5.91 Å². The summed E-state index contributed by atoms with van der Waals surface area (Å²) in [4.78, 5) is 11.3. The Labute approximate surface area is 76.9 Å². The molecule has 0 saturated heterocycles. The summed E-state index contributed by atoms with van der Waals surface area (Å²) < 4.78 is 0. The summed E-state index contributed by atoms with van der Waals surface area (Å²) in [5.74, 6) is 0.611. The van der Waals surface area contributed by atoms with Gasteiger partial charge in [0.05, 0.1) is 6.20 Å². The fourth-order valence-electron chi connectivity index (χ4n) is 0.907. The number of hydrogen-bond donors (Lipinski definition) is 3. The summed E-state index contributed by atoms with van der Waals surface area (Å²) >= 11 is 0. The van der Waals surface area contributed by atoms with Gasteiger partial charge in [0.1, 0.15) is 5.82 Å². The Hall–Kier alpha value is -1.36. The van der Waals surface area contributed by atoms with Crippen LogP contribution in [0.25, 0.3) is 0 Å². The SMILES string of the molecule is CNC(C)CC(=O)Nc1ccn[nH]1. The summed E-state index contributed by atoms with van der Waals surface area (Å²) in [6.07, 6.45) is 2.05. The minimum absolute atomic E-state index is 0.0221. The van der Waals surface area contributed by atoms with Gasteiger partial charge in [-0.15, -0.1) is 0 Å². The van der Waals surface area contributed by atoms with Gasteiger partial charge in [0.15, 0.2) is 0 Å². The summed E-state index contributed by atoms with van der Waals surface area (Å²) in [5, 5.41) is 12.1. The van der Waals surface area contributed by atoms with Crippen LogP contribution >= 0.6 is 0 Å². The van der Waals surface area contributed by atoms with Crippen LogP contribution in [0.2, 0.25) is 0 Å². The molecule has 0 radical (unpaired) electrons. The molecule has 1 atom stereocenters. The molecule has 1 unspecified atom stereocenters. The van der Waals surface area contributed by atoms with Crippen LogP contribution in [0.4, 0.5) is 5.82 Å². The molecule has 3 N–H and O–H groups in total. The van der Waals surface area contributed by atoms with Crippen molar-refractivity contribution in [2.24, 2.45) is 0 Å². The van der Waals surface area contributed by atoms with E-state index >= 15 is 0 Å². The number of H-pyrrole nitrogens is 1. The van der Waals surface area contributed by atoms with Gasteiger partial charge in [-0.2, -0.15) is 5.10 Å². The smallest absolute Gasteiger partial charge is 0.227 e. The van der Waals surface area contributed by atoms with Crippen LogP contribution in [0.3, 0.4) is 0 Å². The van der Waals surface area contributed by atoms with Crippen LogP contribution in [0.1, 0.15) is 13.3 Å². The van der Waals surface area contributed by atoms with Crippen molar-refractivity contribution in [1.82, 2.24) is 15.5 Å². The second-order valence-corrected chi connectivity index (χ2v) is 2.91. The number of nitrogens with one attached hydrogen (secondary N) is 3. The zero-order valence-corrected chi connectivity index (χ0v) is 7.79. The maximum Gasteiger partial charge on any atom is 0.227 e. The minimum atomic E-state index is -0.0221. The molecule has 0 aliphatic carbocycles. The van der Waals surface area contributed by atoms with Gasteiger partial charge in [-0.1, -0.05) is 0 Å². The van der Waals surface area contributed by atoms with E-state index in [1.54, 1.807) is 12.3 Å². The fraction of sp³-hybridized carbons (Fsp3) is 0.500. The third-order valence-corrected chi connectivity index (χ3v) is 1.76. The number of aromatic amines is 1. The zero-order chi connectivity index (χ0) is 9.68. The topological polar surface area (TPSA) is 69.8 Å². The average molecular weight is 182 g/mol. The highest BCUT2D eigenvalue weighted by Gasteiger charge is 2.07. The predicted octanol–water partition coefficient (Wildman–Crippen LogP) is 0.346. The van der Waals surface area contributed by atoms with Crippen LogP contribution < -0.4 is 10.6 Å². The molecule has 1 rings (SSSR count). The average Bonchev–Trinajstić information content (AvgIpc) is 2.56. The number of rotatable bonds is 4. The highest BCUT2D eigenvalue weighted by Crippen LogP contribution is 2.00. The van der Waals surface area contributed by atoms with Gasteiger partial charge in [-0.25, -0.2) is 0 Å². The van der Waals surface area contributed by atoms with Crippen molar-refractivity contribution < 1.29 is 4.79 Å². The quantitative estimate of drug-likeness (QED) is 0.629. The molecule has 0 aromatic carbocycles. The maximum atomic E-state index is 11.3. The summed E-state index contributed by atoms with van der Waals surface area (Å²) in [6.45, 7) is 1.95. The standard InChI is InChI=1S/C8H14N4O/c1-6(9-2)5-8(13)11-7-3-4-10-12-7/h3-4,6,9H,5H2,1-2H3,(H2,10,11,12,13). The maximum absolute atomic E-state index is 11.3. The van der Waals surface area contributed by atoms with Crippen LogP contribution in [0, 0.1) is 0 Å². The lowest BCUT2D eigenvalue weighted by molar-refractivity contribution is -0.116. The lowest BCUT2D eigenvalue weighted by Gasteiger charge is -2.08. The predicted molar refractivity (Wildman–Crippen MR) is 50.4 cm³/mol. The molecule has 0 saturated carbocycles. The molecule has 0 fully saturated rings. The van der Waals surface area contributed by atoms with E-state index in [1.807, 2.05) is 14.0 Å². The molecular weight excluding hydrogens is 168 g/mol. The lowest BCUT2D eigenvalue weighted by atomic mass is 10.2. The van der Waals surface area contributed by atoms with Crippen molar-refractivity contribution >= 4 is 11.7 Å². The number of carbonyl (C=O) groups is 1. The normalized spacial score (nSPS) is 12.5. The van der Waals surface area contributed by atoms with Crippen molar-refractivity contribution in [2.45, 2.75) is 19.4 Å². The number of amides is 1. The molecular formula is C8H14N4O. The number of carbonyl (C=O) groups excluding carboxylic acids is 1. The lowest BCUT2D eigenvalue weighted by Crippen LogP contribution is -2.27. The first kappa shape index (κ1) is 9.73. The van der Waals surface area contributed by atoms with E-state index in [1.165, 1.54) is 0 Å². The fourth-order valence-corrected chi connectivity index (χ4v) is 0.907. The second-order valence-electron chi connectivity index (χ2n) is 2.91. The summed E-state index contributed by atoms with van der Waals surface area (Å²) in [5.41, 5.74) is 0. The van der Waals surface area contributed by atoms with Crippen molar-refractivity contribution in [3.05, 3.63) is 12.3 Å². The Morgan fingerprint density at radius 1 is 1.77 bits per heavy atom. The highest BCUT2D eigenvalue weighted by atomic mass is 16.1. The zero-order valence-electron chi connectivity index (χ0n) is 7.79. The van der Waals surface area contributed by atoms with Gasteiger partial charge in [-0.05, 0) is 14.0 Å². The van der Waals surface area contributed by atoms with Crippen LogP contribution in [0.15, 0.2) is 12.3 Å². The molecule has 0 aliphatic rings. The number of anilines is 1. The van der Waals surface area contributed by atoms with Gasteiger partial charge in [0.25, 0.3) is 0 Å². The number of aromatic nitrogens is 2. The van der Waals surface area contributed by atoms with E-state index in [-0.39, 0.29) is 11.9 Å². The van der Waals surface area contributed by atoms with Crippen LogP contribution in [-0.2, 0) is 4.79 Å². The number of nitrogens with zero attached hydrogens (tertiary/aromatic N) is 1. The molecule has 0 spiro atoms. The first-order valence-corrected chi connectivity index (χ1v) is 4.19.